The Labute approximate surface area is 137 Å². The number of thiazole rings is 1. The number of para-hydroxylation sites is 1. The van der Waals surface area contributed by atoms with E-state index in [0.717, 1.165) is 35.0 Å². The predicted molar refractivity (Wildman–Crippen MR) is 91.1 cm³/mol. The van der Waals surface area contributed by atoms with Crippen LogP contribution in [0.5, 0.6) is 5.75 Å². The summed E-state index contributed by atoms with van der Waals surface area (Å²) in [5, 5.41) is 3.72. The topological polar surface area (TPSA) is 51.2 Å². The minimum atomic E-state index is -0.135. The number of benzene rings is 2. The largest absolute Gasteiger partial charge is 0.493 e. The number of rotatable bonds is 3. The third-order valence-electron chi connectivity index (χ3n) is 3.70. The van der Waals surface area contributed by atoms with Crippen molar-refractivity contribution in [1.82, 2.24) is 4.98 Å². The Morgan fingerprint density at radius 3 is 2.91 bits per heavy atom. The van der Waals surface area contributed by atoms with Crippen molar-refractivity contribution in [2.24, 2.45) is 0 Å². The smallest absolute Gasteiger partial charge is 0.267 e. The first-order chi connectivity index (χ1) is 11.3. The Morgan fingerprint density at radius 2 is 2.04 bits per heavy atom. The fourth-order valence-corrected chi connectivity index (χ4v) is 3.35. The molecule has 5 heteroatoms. The number of fused-ring (bicyclic) bond motifs is 1. The second-order valence-corrected chi connectivity index (χ2v) is 6.30. The fraction of sp³-hybridized carbons (Fsp3) is 0.111. The van der Waals surface area contributed by atoms with Gasteiger partial charge in [-0.05, 0) is 35.9 Å². The van der Waals surface area contributed by atoms with Crippen molar-refractivity contribution in [2.45, 2.75) is 6.42 Å². The molecule has 2 aromatic carbocycles. The molecule has 1 aliphatic heterocycles. The lowest BCUT2D eigenvalue weighted by atomic mass is 10.1. The number of hydrogen-bond donors (Lipinski definition) is 1. The third-order valence-corrected chi connectivity index (χ3v) is 4.74. The molecule has 1 N–H and O–H groups in total. The van der Waals surface area contributed by atoms with Gasteiger partial charge in [0, 0.05) is 17.7 Å². The Bertz CT molecular complexity index is 858. The maximum absolute atomic E-state index is 12.3. The van der Waals surface area contributed by atoms with E-state index in [0.29, 0.717) is 4.88 Å². The average Bonchev–Trinajstić information content (AvgIpc) is 3.24. The van der Waals surface area contributed by atoms with Crippen molar-refractivity contribution < 1.29 is 9.53 Å². The zero-order valence-corrected chi connectivity index (χ0v) is 13.1. The van der Waals surface area contributed by atoms with Crippen LogP contribution >= 0.6 is 11.3 Å². The van der Waals surface area contributed by atoms with E-state index in [2.05, 4.69) is 16.4 Å². The van der Waals surface area contributed by atoms with Gasteiger partial charge in [0.15, 0.2) is 0 Å². The van der Waals surface area contributed by atoms with Gasteiger partial charge >= 0.3 is 0 Å². The molecule has 23 heavy (non-hydrogen) atoms. The van der Waals surface area contributed by atoms with Gasteiger partial charge in [-0.3, -0.25) is 4.79 Å². The van der Waals surface area contributed by atoms with E-state index >= 15 is 0 Å². The summed E-state index contributed by atoms with van der Waals surface area (Å²) in [4.78, 5) is 17.3. The first-order valence-electron chi connectivity index (χ1n) is 7.38. The van der Waals surface area contributed by atoms with Crippen LogP contribution in [0.2, 0.25) is 0 Å². The first-order valence-corrected chi connectivity index (χ1v) is 8.19. The number of nitrogens with one attached hydrogen (secondary N) is 1. The van der Waals surface area contributed by atoms with E-state index in [1.54, 1.807) is 6.20 Å². The van der Waals surface area contributed by atoms with E-state index in [1.807, 2.05) is 42.5 Å². The molecule has 114 valence electrons. The van der Waals surface area contributed by atoms with Crippen LogP contribution in [-0.4, -0.2) is 17.5 Å². The van der Waals surface area contributed by atoms with Crippen molar-refractivity contribution in [3.8, 4) is 16.3 Å². The van der Waals surface area contributed by atoms with Gasteiger partial charge < -0.3 is 10.1 Å². The number of ether oxygens (including phenoxy) is 1. The van der Waals surface area contributed by atoms with Crippen LogP contribution in [0.4, 0.5) is 5.69 Å². The quantitative estimate of drug-likeness (QED) is 0.793. The molecule has 0 saturated carbocycles. The molecule has 0 radical (unpaired) electrons. The van der Waals surface area contributed by atoms with E-state index in [9.17, 15) is 4.79 Å². The maximum Gasteiger partial charge on any atom is 0.267 e. The predicted octanol–water partition coefficient (Wildman–Crippen LogP) is 4.00. The minimum absolute atomic E-state index is 0.135. The lowest BCUT2D eigenvalue weighted by Crippen LogP contribution is -2.09. The average molecular weight is 322 g/mol. The van der Waals surface area contributed by atoms with Crippen molar-refractivity contribution in [1.29, 1.82) is 0 Å². The Morgan fingerprint density at radius 1 is 1.17 bits per heavy atom. The van der Waals surface area contributed by atoms with Crippen molar-refractivity contribution in [3.05, 3.63) is 65.2 Å². The first kappa shape index (κ1) is 14.0. The Hall–Kier alpha value is -2.66. The van der Waals surface area contributed by atoms with Gasteiger partial charge in [0.25, 0.3) is 5.91 Å². The van der Waals surface area contributed by atoms with Crippen LogP contribution in [-0.2, 0) is 6.42 Å². The van der Waals surface area contributed by atoms with Crippen molar-refractivity contribution in [2.75, 3.05) is 11.9 Å². The minimum Gasteiger partial charge on any atom is -0.493 e. The van der Waals surface area contributed by atoms with Gasteiger partial charge in [-0.1, -0.05) is 18.2 Å². The lowest BCUT2D eigenvalue weighted by Gasteiger charge is -2.02. The highest BCUT2D eigenvalue weighted by atomic mass is 32.1. The van der Waals surface area contributed by atoms with Crippen LogP contribution in [0, 0.1) is 0 Å². The molecule has 0 bridgehead atoms. The number of anilines is 1. The summed E-state index contributed by atoms with van der Waals surface area (Å²) >= 11 is 1.39. The molecule has 1 aromatic heterocycles. The number of hydrogen-bond acceptors (Lipinski definition) is 4. The third kappa shape index (κ3) is 2.83. The molecule has 3 aromatic rings. The summed E-state index contributed by atoms with van der Waals surface area (Å²) in [6, 6.07) is 15.5. The summed E-state index contributed by atoms with van der Waals surface area (Å²) in [5.41, 5.74) is 3.01. The number of aromatic nitrogens is 1. The van der Waals surface area contributed by atoms with Crippen LogP contribution in [0.15, 0.2) is 54.7 Å². The molecular weight excluding hydrogens is 308 g/mol. The van der Waals surface area contributed by atoms with Gasteiger partial charge in [-0.15, -0.1) is 11.3 Å². The van der Waals surface area contributed by atoms with Crippen LogP contribution in [0.25, 0.3) is 10.6 Å². The highest BCUT2D eigenvalue weighted by Crippen LogP contribution is 2.32. The summed E-state index contributed by atoms with van der Waals surface area (Å²) in [5.74, 6) is 0.816. The van der Waals surface area contributed by atoms with Crippen LogP contribution < -0.4 is 10.1 Å². The molecule has 0 fully saturated rings. The fourth-order valence-electron chi connectivity index (χ4n) is 2.55. The van der Waals surface area contributed by atoms with Gasteiger partial charge in [-0.2, -0.15) is 0 Å². The molecule has 4 rings (SSSR count). The zero-order chi connectivity index (χ0) is 15.6. The second-order valence-electron chi connectivity index (χ2n) is 5.27. The number of nitrogens with zero attached hydrogens (tertiary/aromatic N) is 1. The van der Waals surface area contributed by atoms with Gasteiger partial charge in [0.05, 0.1) is 12.8 Å². The normalized spacial score (nSPS) is 12.5. The number of carbonyl (C=O) groups excluding carboxylic acids is 1. The number of amides is 1. The highest BCUT2D eigenvalue weighted by Gasteiger charge is 2.16. The van der Waals surface area contributed by atoms with Gasteiger partial charge in [0.1, 0.15) is 15.6 Å². The van der Waals surface area contributed by atoms with Crippen LogP contribution in [0.3, 0.4) is 0 Å². The molecular formula is C18H14N2O2S. The molecule has 2 heterocycles. The molecule has 0 spiro atoms. The van der Waals surface area contributed by atoms with Crippen LogP contribution in [0.1, 0.15) is 15.2 Å². The Kier molecular flexibility index (Phi) is 3.55. The van der Waals surface area contributed by atoms with Crippen molar-refractivity contribution in [3.63, 3.8) is 0 Å². The van der Waals surface area contributed by atoms with Gasteiger partial charge in [0.2, 0.25) is 0 Å². The molecule has 0 unspecified atom stereocenters. The van der Waals surface area contributed by atoms with E-state index in [-0.39, 0.29) is 5.91 Å². The molecule has 0 atom stereocenters. The monoisotopic (exact) mass is 322 g/mol. The highest BCUT2D eigenvalue weighted by molar-refractivity contribution is 7.17. The second kappa shape index (κ2) is 5.85. The summed E-state index contributed by atoms with van der Waals surface area (Å²) in [6.45, 7) is 0.737. The SMILES string of the molecule is O=C(Nc1ccccc1)c1cnc(-c2ccc3c(c2)CCO3)s1. The maximum atomic E-state index is 12.3. The summed E-state index contributed by atoms with van der Waals surface area (Å²) in [7, 11) is 0. The summed E-state index contributed by atoms with van der Waals surface area (Å²) in [6.07, 6.45) is 2.55. The molecule has 1 amide bonds. The zero-order valence-electron chi connectivity index (χ0n) is 12.3. The van der Waals surface area contributed by atoms with E-state index in [1.165, 1.54) is 16.9 Å². The van der Waals surface area contributed by atoms with Gasteiger partial charge in [-0.25, -0.2) is 4.98 Å². The molecule has 0 aliphatic carbocycles. The number of carbonyl (C=O) groups is 1. The van der Waals surface area contributed by atoms with Crippen molar-refractivity contribution >= 4 is 22.9 Å². The summed E-state index contributed by atoms with van der Waals surface area (Å²) < 4.78 is 5.52. The molecule has 1 aliphatic rings. The van der Waals surface area contributed by atoms with E-state index < -0.39 is 0 Å². The molecule has 0 saturated heterocycles. The lowest BCUT2D eigenvalue weighted by molar-refractivity contribution is 0.103. The molecule has 4 nitrogen and oxygen atoms in total. The van der Waals surface area contributed by atoms with E-state index in [4.69, 9.17) is 4.74 Å². The standard InChI is InChI=1S/C18H14N2O2S/c21-17(20-14-4-2-1-3-5-14)16-11-19-18(23-16)13-6-7-15-12(10-13)8-9-22-15/h1-7,10-11H,8-9H2,(H,20,21). The Balaban J connectivity index is 1.56.